The smallest absolute Gasteiger partial charge is 0.336 e. The van der Waals surface area contributed by atoms with Crippen LogP contribution in [0.15, 0.2) is 46.8 Å². The SMILES string of the molecule is COC(=O)C1=C(C)NC(C)=C(C(=O)NC(C(=O)OC(C)(C)C)C(C)C)C1c1ccccc1[N+](=O)[O-]. The van der Waals surface area contributed by atoms with Crippen LogP contribution in [0, 0.1) is 16.0 Å². The average molecular weight is 488 g/mol. The van der Waals surface area contributed by atoms with E-state index in [0.29, 0.717) is 11.4 Å². The van der Waals surface area contributed by atoms with Crippen LogP contribution in [-0.4, -0.2) is 41.5 Å². The van der Waals surface area contributed by atoms with Gasteiger partial charge in [-0.25, -0.2) is 9.59 Å². The quantitative estimate of drug-likeness (QED) is 0.339. The van der Waals surface area contributed by atoms with Gasteiger partial charge in [-0.2, -0.15) is 0 Å². The fourth-order valence-corrected chi connectivity index (χ4v) is 3.97. The Morgan fingerprint density at radius 2 is 1.66 bits per heavy atom. The van der Waals surface area contributed by atoms with Gasteiger partial charge in [0.2, 0.25) is 0 Å². The Labute approximate surface area is 204 Å². The predicted octanol–water partition coefficient (Wildman–Crippen LogP) is 3.49. The normalized spacial score (nSPS) is 17.0. The molecule has 0 aromatic heterocycles. The first-order chi connectivity index (χ1) is 16.2. The topological polar surface area (TPSA) is 137 Å². The van der Waals surface area contributed by atoms with Crippen LogP contribution >= 0.6 is 0 Å². The zero-order valence-corrected chi connectivity index (χ0v) is 21.3. The molecule has 1 aromatic carbocycles. The number of esters is 2. The van der Waals surface area contributed by atoms with Crippen molar-refractivity contribution < 1.29 is 28.8 Å². The van der Waals surface area contributed by atoms with Gasteiger partial charge in [0.05, 0.1) is 23.5 Å². The number of nitro groups is 1. The van der Waals surface area contributed by atoms with Gasteiger partial charge in [0, 0.05) is 28.6 Å². The van der Waals surface area contributed by atoms with E-state index < -0.39 is 40.3 Å². The Kier molecular flexibility index (Phi) is 8.43. The summed E-state index contributed by atoms with van der Waals surface area (Å²) in [6.07, 6.45) is 0. The molecule has 1 aliphatic heterocycles. The molecule has 0 fully saturated rings. The molecule has 0 spiro atoms. The van der Waals surface area contributed by atoms with Crippen molar-refractivity contribution in [2.75, 3.05) is 7.11 Å². The second-order valence-corrected chi connectivity index (χ2v) is 9.67. The van der Waals surface area contributed by atoms with Crippen LogP contribution < -0.4 is 10.6 Å². The lowest BCUT2D eigenvalue weighted by Crippen LogP contribution is -2.49. The number of para-hydroxylation sites is 1. The lowest BCUT2D eigenvalue weighted by molar-refractivity contribution is -0.385. The van der Waals surface area contributed by atoms with Gasteiger partial charge in [-0.1, -0.05) is 32.0 Å². The Morgan fingerprint density at radius 3 is 2.17 bits per heavy atom. The van der Waals surface area contributed by atoms with Crippen LogP contribution in [0.1, 0.15) is 59.9 Å². The number of hydrogen-bond acceptors (Lipinski definition) is 8. The highest BCUT2D eigenvalue weighted by Gasteiger charge is 2.41. The van der Waals surface area contributed by atoms with Crippen LogP contribution in [0.4, 0.5) is 5.69 Å². The molecule has 0 aliphatic carbocycles. The lowest BCUT2D eigenvalue weighted by atomic mass is 9.79. The molecule has 2 N–H and O–H groups in total. The minimum absolute atomic E-state index is 0.0657. The first kappa shape index (κ1) is 27.6. The monoisotopic (exact) mass is 487 g/mol. The number of nitrogens with zero attached hydrogens (tertiary/aromatic N) is 1. The number of allylic oxidation sites excluding steroid dienone is 2. The van der Waals surface area contributed by atoms with Crippen molar-refractivity contribution in [1.29, 1.82) is 0 Å². The number of rotatable bonds is 7. The molecule has 2 unspecified atom stereocenters. The number of ether oxygens (including phenoxy) is 2. The van der Waals surface area contributed by atoms with E-state index in [2.05, 4.69) is 10.6 Å². The van der Waals surface area contributed by atoms with Gasteiger partial charge in [-0.3, -0.25) is 14.9 Å². The summed E-state index contributed by atoms with van der Waals surface area (Å²) >= 11 is 0. The lowest BCUT2D eigenvalue weighted by Gasteiger charge is -2.32. The van der Waals surface area contributed by atoms with Crippen molar-refractivity contribution in [2.24, 2.45) is 5.92 Å². The van der Waals surface area contributed by atoms with Crippen molar-refractivity contribution in [3.05, 3.63) is 62.5 Å². The third-order valence-corrected chi connectivity index (χ3v) is 5.47. The van der Waals surface area contributed by atoms with Gasteiger partial charge in [-0.15, -0.1) is 0 Å². The standard InChI is InChI=1S/C25H33N3O7/c1-13(2)21(24(31)35-25(5,6)7)27-22(29)18-14(3)26-15(4)19(23(30)34-8)20(18)16-11-9-10-12-17(16)28(32)33/h9-13,20-21,26H,1-8H3,(H,27,29). The fourth-order valence-electron chi connectivity index (χ4n) is 3.97. The highest BCUT2D eigenvalue weighted by Crippen LogP contribution is 2.42. The van der Waals surface area contributed by atoms with E-state index in [1.165, 1.54) is 25.3 Å². The Bertz CT molecular complexity index is 1100. The van der Waals surface area contributed by atoms with E-state index in [1.54, 1.807) is 54.5 Å². The van der Waals surface area contributed by atoms with Gasteiger partial charge < -0.3 is 20.1 Å². The van der Waals surface area contributed by atoms with Crippen LogP contribution in [0.3, 0.4) is 0 Å². The van der Waals surface area contributed by atoms with E-state index >= 15 is 0 Å². The molecule has 0 saturated carbocycles. The number of carbonyl (C=O) groups excluding carboxylic acids is 3. The molecule has 2 rings (SSSR count). The highest BCUT2D eigenvalue weighted by molar-refractivity contribution is 6.03. The second kappa shape index (κ2) is 10.7. The second-order valence-electron chi connectivity index (χ2n) is 9.67. The molecule has 0 bridgehead atoms. The zero-order valence-electron chi connectivity index (χ0n) is 21.3. The molecule has 1 aromatic rings. The van der Waals surface area contributed by atoms with Gasteiger partial charge in [-0.05, 0) is 40.5 Å². The van der Waals surface area contributed by atoms with Crippen molar-refractivity contribution in [1.82, 2.24) is 10.6 Å². The van der Waals surface area contributed by atoms with Gasteiger partial charge in [0.1, 0.15) is 11.6 Å². The summed E-state index contributed by atoms with van der Waals surface area (Å²) in [5, 5.41) is 17.5. The first-order valence-corrected chi connectivity index (χ1v) is 11.2. The number of hydrogen-bond donors (Lipinski definition) is 2. The third kappa shape index (κ3) is 6.26. The van der Waals surface area contributed by atoms with Crippen molar-refractivity contribution in [3.63, 3.8) is 0 Å². The average Bonchev–Trinajstić information content (AvgIpc) is 2.74. The molecule has 1 heterocycles. The highest BCUT2D eigenvalue weighted by atomic mass is 16.6. The van der Waals surface area contributed by atoms with Crippen molar-refractivity contribution in [2.45, 2.75) is 66.0 Å². The number of methoxy groups -OCH3 is 1. The zero-order chi connectivity index (χ0) is 26.7. The maximum absolute atomic E-state index is 13.7. The van der Waals surface area contributed by atoms with E-state index in [9.17, 15) is 24.5 Å². The summed E-state index contributed by atoms with van der Waals surface area (Å²) in [4.78, 5) is 50.5. The summed E-state index contributed by atoms with van der Waals surface area (Å²) in [5.41, 5.74) is 0.0714. The summed E-state index contributed by atoms with van der Waals surface area (Å²) in [5.74, 6) is -3.41. The molecule has 0 radical (unpaired) electrons. The Balaban J connectivity index is 2.64. The molecule has 190 valence electrons. The molecule has 2 atom stereocenters. The number of benzene rings is 1. The van der Waals surface area contributed by atoms with Crippen molar-refractivity contribution >= 4 is 23.5 Å². The Morgan fingerprint density at radius 1 is 1.09 bits per heavy atom. The minimum Gasteiger partial charge on any atom is -0.466 e. The van der Waals surface area contributed by atoms with E-state index in [-0.39, 0.29) is 28.3 Å². The minimum atomic E-state index is -1.10. The summed E-state index contributed by atoms with van der Waals surface area (Å²) in [7, 11) is 1.20. The molecule has 10 heteroatoms. The van der Waals surface area contributed by atoms with E-state index in [1.807, 2.05) is 0 Å². The number of amides is 1. The number of carbonyl (C=O) groups is 3. The van der Waals surface area contributed by atoms with Gasteiger partial charge in [0.25, 0.3) is 11.6 Å². The molecule has 35 heavy (non-hydrogen) atoms. The molecular formula is C25H33N3O7. The van der Waals surface area contributed by atoms with Gasteiger partial charge in [0.15, 0.2) is 0 Å². The number of nitrogens with one attached hydrogen (secondary N) is 2. The molecular weight excluding hydrogens is 454 g/mol. The van der Waals surface area contributed by atoms with Crippen LogP contribution in [-0.2, 0) is 23.9 Å². The van der Waals surface area contributed by atoms with Crippen LogP contribution in [0.5, 0.6) is 0 Å². The summed E-state index contributed by atoms with van der Waals surface area (Å²) in [6.45, 7) is 12.0. The molecule has 10 nitrogen and oxygen atoms in total. The molecule has 1 amide bonds. The summed E-state index contributed by atoms with van der Waals surface area (Å²) in [6, 6.07) is 4.92. The van der Waals surface area contributed by atoms with Crippen molar-refractivity contribution in [3.8, 4) is 0 Å². The predicted molar refractivity (Wildman–Crippen MR) is 129 cm³/mol. The number of dihydropyridines is 1. The van der Waals surface area contributed by atoms with Crippen LogP contribution in [0.2, 0.25) is 0 Å². The third-order valence-electron chi connectivity index (χ3n) is 5.47. The summed E-state index contributed by atoms with van der Waals surface area (Å²) < 4.78 is 10.4. The largest absolute Gasteiger partial charge is 0.466 e. The van der Waals surface area contributed by atoms with E-state index in [0.717, 1.165) is 0 Å². The Hall–Kier alpha value is -3.69. The van der Waals surface area contributed by atoms with Gasteiger partial charge >= 0.3 is 11.9 Å². The maximum Gasteiger partial charge on any atom is 0.336 e. The molecule has 1 aliphatic rings. The maximum atomic E-state index is 13.7. The van der Waals surface area contributed by atoms with E-state index in [4.69, 9.17) is 9.47 Å². The van der Waals surface area contributed by atoms with Crippen LogP contribution in [0.25, 0.3) is 0 Å². The fraction of sp³-hybridized carbons (Fsp3) is 0.480. The first-order valence-electron chi connectivity index (χ1n) is 11.2. The number of nitro benzene ring substituents is 1. The molecule has 0 saturated heterocycles.